The second-order valence-corrected chi connectivity index (χ2v) is 4.69. The van der Waals surface area contributed by atoms with E-state index < -0.39 is 0 Å². The molecule has 0 radical (unpaired) electrons. The van der Waals surface area contributed by atoms with Gasteiger partial charge in [0.15, 0.2) is 0 Å². The molecule has 2 aromatic carbocycles. The van der Waals surface area contributed by atoms with Gasteiger partial charge < -0.3 is 9.84 Å². The summed E-state index contributed by atoms with van der Waals surface area (Å²) in [5, 5.41) is 9.22. The summed E-state index contributed by atoms with van der Waals surface area (Å²) in [5.74, 6) is 1.49. The fourth-order valence-electron chi connectivity index (χ4n) is 1.58. The molecule has 88 valence electrons. The molecule has 0 fully saturated rings. The molecule has 0 aliphatic heterocycles. The van der Waals surface area contributed by atoms with Crippen molar-refractivity contribution < 1.29 is 9.84 Å². The summed E-state index contributed by atoms with van der Waals surface area (Å²) in [6, 6.07) is 13.3. The lowest BCUT2D eigenvalue weighted by molar-refractivity contribution is 0.276. The van der Waals surface area contributed by atoms with Crippen LogP contribution < -0.4 is 4.74 Å². The van der Waals surface area contributed by atoms with Crippen molar-refractivity contribution in [2.24, 2.45) is 0 Å². The summed E-state index contributed by atoms with van der Waals surface area (Å²) >= 11 is 3.41. The van der Waals surface area contributed by atoms with Crippen molar-refractivity contribution in [1.29, 1.82) is 0 Å². The number of para-hydroxylation sites is 1. The van der Waals surface area contributed by atoms with Gasteiger partial charge in [-0.05, 0) is 36.8 Å². The zero-order valence-corrected chi connectivity index (χ0v) is 11.1. The van der Waals surface area contributed by atoms with Gasteiger partial charge in [-0.2, -0.15) is 0 Å². The van der Waals surface area contributed by atoms with Crippen LogP contribution in [0.3, 0.4) is 0 Å². The number of hydrogen-bond acceptors (Lipinski definition) is 2. The Bertz CT molecular complexity index is 523. The van der Waals surface area contributed by atoms with Crippen LogP contribution in [0.4, 0.5) is 0 Å². The summed E-state index contributed by atoms with van der Waals surface area (Å²) in [5.41, 5.74) is 1.84. The zero-order valence-electron chi connectivity index (χ0n) is 9.48. The number of aliphatic hydroxyl groups is 1. The maximum atomic E-state index is 9.22. The van der Waals surface area contributed by atoms with E-state index in [1.165, 1.54) is 0 Å². The van der Waals surface area contributed by atoms with Gasteiger partial charge >= 0.3 is 0 Å². The van der Waals surface area contributed by atoms with E-state index in [4.69, 9.17) is 4.74 Å². The topological polar surface area (TPSA) is 29.5 Å². The van der Waals surface area contributed by atoms with Gasteiger partial charge in [0.2, 0.25) is 0 Å². The van der Waals surface area contributed by atoms with Crippen LogP contribution in [0.5, 0.6) is 11.5 Å². The van der Waals surface area contributed by atoms with Gasteiger partial charge in [0.1, 0.15) is 11.5 Å². The van der Waals surface area contributed by atoms with E-state index in [0.29, 0.717) is 5.75 Å². The monoisotopic (exact) mass is 292 g/mol. The highest BCUT2D eigenvalue weighted by molar-refractivity contribution is 9.10. The molecule has 0 unspecified atom stereocenters. The Hall–Kier alpha value is -1.32. The van der Waals surface area contributed by atoms with Gasteiger partial charge in [-0.3, -0.25) is 0 Å². The van der Waals surface area contributed by atoms with Crippen molar-refractivity contribution in [3.63, 3.8) is 0 Å². The second-order valence-electron chi connectivity index (χ2n) is 3.78. The molecule has 0 spiro atoms. The molecule has 2 aromatic rings. The standard InChI is InChI=1S/C14H13BrO2/c1-10-8-12(15)6-7-13(10)17-14-5-3-2-4-11(14)9-16/h2-8,16H,9H2,1H3. The Morgan fingerprint density at radius 1 is 1.12 bits per heavy atom. The van der Waals surface area contributed by atoms with Crippen LogP contribution in [0.2, 0.25) is 0 Å². The van der Waals surface area contributed by atoms with E-state index in [1.807, 2.05) is 49.4 Å². The van der Waals surface area contributed by atoms with E-state index >= 15 is 0 Å². The van der Waals surface area contributed by atoms with E-state index in [0.717, 1.165) is 21.3 Å². The van der Waals surface area contributed by atoms with Gasteiger partial charge in [-0.15, -0.1) is 0 Å². The maximum Gasteiger partial charge on any atom is 0.132 e. The molecule has 2 rings (SSSR count). The van der Waals surface area contributed by atoms with E-state index in [9.17, 15) is 5.11 Å². The maximum absolute atomic E-state index is 9.22. The SMILES string of the molecule is Cc1cc(Br)ccc1Oc1ccccc1CO. The lowest BCUT2D eigenvalue weighted by Crippen LogP contribution is -1.92. The average Bonchev–Trinajstić information content (AvgIpc) is 2.33. The first-order chi connectivity index (χ1) is 8.20. The number of aliphatic hydroxyl groups excluding tert-OH is 1. The fourth-order valence-corrected chi connectivity index (χ4v) is 2.06. The minimum Gasteiger partial charge on any atom is -0.457 e. The molecule has 0 aliphatic rings. The van der Waals surface area contributed by atoms with Crippen LogP contribution >= 0.6 is 15.9 Å². The van der Waals surface area contributed by atoms with Gasteiger partial charge in [0.05, 0.1) is 6.61 Å². The third-order valence-electron chi connectivity index (χ3n) is 2.50. The predicted octanol–water partition coefficient (Wildman–Crippen LogP) is 4.04. The highest BCUT2D eigenvalue weighted by Crippen LogP contribution is 2.29. The van der Waals surface area contributed by atoms with Crippen LogP contribution in [0.15, 0.2) is 46.9 Å². The summed E-state index contributed by atoms with van der Waals surface area (Å²) in [6.45, 7) is 1.97. The quantitative estimate of drug-likeness (QED) is 0.925. The van der Waals surface area contributed by atoms with Crippen LogP contribution in [0, 0.1) is 6.92 Å². The van der Waals surface area contributed by atoms with E-state index in [-0.39, 0.29) is 6.61 Å². The van der Waals surface area contributed by atoms with Crippen molar-refractivity contribution in [2.45, 2.75) is 13.5 Å². The average molecular weight is 293 g/mol. The molecule has 3 heteroatoms. The smallest absolute Gasteiger partial charge is 0.132 e. The Balaban J connectivity index is 2.31. The summed E-state index contributed by atoms with van der Waals surface area (Å²) < 4.78 is 6.83. The van der Waals surface area contributed by atoms with Crippen molar-refractivity contribution in [1.82, 2.24) is 0 Å². The van der Waals surface area contributed by atoms with Crippen LogP contribution in [-0.2, 0) is 6.61 Å². The minimum absolute atomic E-state index is 0.0221. The summed E-state index contributed by atoms with van der Waals surface area (Å²) in [7, 11) is 0. The molecule has 1 N–H and O–H groups in total. The number of aryl methyl sites for hydroxylation is 1. The number of benzene rings is 2. The molecule has 0 bridgehead atoms. The van der Waals surface area contributed by atoms with Gasteiger partial charge in [0, 0.05) is 10.0 Å². The van der Waals surface area contributed by atoms with Crippen LogP contribution in [-0.4, -0.2) is 5.11 Å². The molecule has 17 heavy (non-hydrogen) atoms. The highest BCUT2D eigenvalue weighted by atomic mass is 79.9. The van der Waals surface area contributed by atoms with Crippen molar-refractivity contribution >= 4 is 15.9 Å². The van der Waals surface area contributed by atoms with Crippen molar-refractivity contribution in [2.75, 3.05) is 0 Å². The van der Waals surface area contributed by atoms with Crippen molar-refractivity contribution in [3.05, 3.63) is 58.1 Å². The molecule has 0 aromatic heterocycles. The minimum atomic E-state index is -0.0221. The number of rotatable bonds is 3. The number of hydrogen-bond donors (Lipinski definition) is 1. The molecular formula is C14H13BrO2. The van der Waals surface area contributed by atoms with Crippen LogP contribution in [0.25, 0.3) is 0 Å². The summed E-state index contributed by atoms with van der Waals surface area (Å²) in [6.07, 6.45) is 0. The number of ether oxygens (including phenoxy) is 1. The Labute approximate surface area is 109 Å². The van der Waals surface area contributed by atoms with Crippen molar-refractivity contribution in [3.8, 4) is 11.5 Å². The molecular weight excluding hydrogens is 280 g/mol. The second kappa shape index (κ2) is 5.34. The predicted molar refractivity (Wildman–Crippen MR) is 71.3 cm³/mol. The Kier molecular flexibility index (Phi) is 3.82. The molecule has 0 atom stereocenters. The van der Waals surface area contributed by atoms with Gasteiger partial charge in [-0.1, -0.05) is 34.1 Å². The van der Waals surface area contributed by atoms with Gasteiger partial charge in [0.25, 0.3) is 0 Å². The fraction of sp³-hybridized carbons (Fsp3) is 0.143. The Morgan fingerprint density at radius 2 is 1.88 bits per heavy atom. The largest absolute Gasteiger partial charge is 0.457 e. The molecule has 0 heterocycles. The first-order valence-corrected chi connectivity index (χ1v) is 6.13. The lowest BCUT2D eigenvalue weighted by atomic mass is 10.2. The number of halogens is 1. The highest BCUT2D eigenvalue weighted by Gasteiger charge is 2.05. The molecule has 0 saturated carbocycles. The normalized spacial score (nSPS) is 10.3. The lowest BCUT2D eigenvalue weighted by Gasteiger charge is -2.11. The van der Waals surface area contributed by atoms with E-state index in [2.05, 4.69) is 15.9 Å². The molecule has 0 saturated heterocycles. The summed E-state index contributed by atoms with van der Waals surface area (Å²) in [4.78, 5) is 0. The molecule has 0 aliphatic carbocycles. The third kappa shape index (κ3) is 2.87. The van der Waals surface area contributed by atoms with Gasteiger partial charge in [-0.25, -0.2) is 0 Å². The Morgan fingerprint density at radius 3 is 2.59 bits per heavy atom. The van der Waals surface area contributed by atoms with Crippen LogP contribution in [0.1, 0.15) is 11.1 Å². The first kappa shape index (κ1) is 12.1. The first-order valence-electron chi connectivity index (χ1n) is 5.33. The van der Waals surface area contributed by atoms with E-state index in [1.54, 1.807) is 0 Å². The zero-order chi connectivity index (χ0) is 12.3. The molecule has 2 nitrogen and oxygen atoms in total. The third-order valence-corrected chi connectivity index (χ3v) is 2.99. The molecule has 0 amide bonds.